The highest BCUT2D eigenvalue weighted by molar-refractivity contribution is 5.87. The molecule has 0 amide bonds. The van der Waals surface area contributed by atoms with Crippen molar-refractivity contribution in [3.05, 3.63) is 48.0 Å². The summed E-state index contributed by atoms with van der Waals surface area (Å²) in [5.41, 5.74) is 1.31. The zero-order valence-electron chi connectivity index (χ0n) is 14.1. The fraction of sp³-hybridized carbons (Fsp3) is 0.450. The Hall–Kier alpha value is -1.58. The van der Waals surface area contributed by atoms with Crippen molar-refractivity contribution in [2.45, 2.75) is 37.3 Å². The Kier molecular flexibility index (Phi) is 4.84. The lowest BCUT2D eigenvalue weighted by atomic mass is 9.75. The van der Waals surface area contributed by atoms with Crippen LogP contribution in [0.2, 0.25) is 0 Å². The van der Waals surface area contributed by atoms with E-state index < -0.39 is 0 Å². The third kappa shape index (κ3) is 2.60. The second-order valence-corrected chi connectivity index (χ2v) is 6.92. The molecule has 0 saturated carbocycles. The lowest BCUT2D eigenvalue weighted by Gasteiger charge is -2.42. The number of methoxy groups -OCH3 is 1. The van der Waals surface area contributed by atoms with E-state index in [1.807, 2.05) is 0 Å². The Balaban J connectivity index is 0.00000169. The summed E-state index contributed by atoms with van der Waals surface area (Å²) in [6.07, 6.45) is 3.33. The van der Waals surface area contributed by atoms with Gasteiger partial charge in [-0.25, -0.2) is 0 Å². The first-order valence-electron chi connectivity index (χ1n) is 8.48. The first kappa shape index (κ1) is 17.2. The van der Waals surface area contributed by atoms with Gasteiger partial charge in [-0.1, -0.05) is 42.5 Å². The number of piperidine rings is 1. The molecule has 4 atom stereocenters. The third-order valence-electron chi connectivity index (χ3n) is 5.96. The van der Waals surface area contributed by atoms with E-state index >= 15 is 0 Å². The van der Waals surface area contributed by atoms with Crippen molar-refractivity contribution in [1.29, 1.82) is 0 Å². The largest absolute Gasteiger partial charge is 0.469 e. The fourth-order valence-corrected chi connectivity index (χ4v) is 4.82. The standard InChI is InChI=1S/C20H23NO2.ClH/c1-21-14-10-11-18(21)19(20(22)23-2)17(12-14)16-9-5-7-13-6-3-4-8-15(13)16;/h3-9,14,17-19H,10-12H2,1-2H3;1H/t14-,17+,18+,19-;/m0./s1. The molecular weight excluding hydrogens is 322 g/mol. The van der Waals surface area contributed by atoms with E-state index in [1.165, 1.54) is 29.9 Å². The van der Waals surface area contributed by atoms with E-state index in [0.29, 0.717) is 12.1 Å². The zero-order valence-corrected chi connectivity index (χ0v) is 15.0. The lowest BCUT2D eigenvalue weighted by molar-refractivity contribution is -0.150. The number of ether oxygens (including phenoxy) is 1. The normalized spacial score (nSPS) is 29.2. The van der Waals surface area contributed by atoms with Gasteiger partial charge >= 0.3 is 5.97 Å². The first-order chi connectivity index (χ1) is 11.2. The number of nitrogens with zero attached hydrogens (tertiary/aromatic N) is 1. The lowest BCUT2D eigenvalue weighted by Crippen LogP contribution is -2.49. The van der Waals surface area contributed by atoms with Crippen LogP contribution in [0, 0.1) is 5.92 Å². The minimum Gasteiger partial charge on any atom is -0.469 e. The highest BCUT2D eigenvalue weighted by atomic mass is 35.5. The van der Waals surface area contributed by atoms with Crippen LogP contribution in [-0.4, -0.2) is 37.1 Å². The number of halogens is 1. The van der Waals surface area contributed by atoms with Crippen molar-refractivity contribution in [1.82, 2.24) is 4.90 Å². The molecule has 0 radical (unpaired) electrons. The van der Waals surface area contributed by atoms with Crippen molar-refractivity contribution in [3.8, 4) is 0 Å². The molecule has 0 N–H and O–H groups in total. The number of esters is 1. The molecule has 2 heterocycles. The Morgan fingerprint density at radius 1 is 1.12 bits per heavy atom. The maximum atomic E-state index is 12.6. The van der Waals surface area contributed by atoms with Gasteiger partial charge in [0.15, 0.2) is 0 Å². The molecule has 0 aromatic heterocycles. The summed E-state index contributed by atoms with van der Waals surface area (Å²) in [5, 5.41) is 2.53. The van der Waals surface area contributed by atoms with Crippen LogP contribution >= 0.6 is 12.4 Å². The van der Waals surface area contributed by atoms with E-state index in [-0.39, 0.29) is 30.2 Å². The summed E-state index contributed by atoms with van der Waals surface area (Å²) in [7, 11) is 3.68. The number of hydrogen-bond acceptors (Lipinski definition) is 3. The summed E-state index contributed by atoms with van der Waals surface area (Å²) in [5.74, 6) is 0.136. The highest BCUT2D eigenvalue weighted by Crippen LogP contribution is 2.47. The van der Waals surface area contributed by atoms with E-state index in [4.69, 9.17) is 4.74 Å². The van der Waals surface area contributed by atoms with Gasteiger partial charge in [-0.3, -0.25) is 9.69 Å². The molecular formula is C20H24ClNO2. The monoisotopic (exact) mass is 345 g/mol. The van der Waals surface area contributed by atoms with E-state index in [1.54, 1.807) is 0 Å². The number of benzene rings is 2. The molecule has 3 nitrogen and oxygen atoms in total. The maximum absolute atomic E-state index is 12.6. The topological polar surface area (TPSA) is 29.5 Å². The molecule has 24 heavy (non-hydrogen) atoms. The molecule has 0 spiro atoms. The van der Waals surface area contributed by atoms with Gasteiger partial charge in [0.05, 0.1) is 13.0 Å². The van der Waals surface area contributed by atoms with Crippen LogP contribution in [0.1, 0.15) is 30.7 Å². The Morgan fingerprint density at radius 3 is 2.67 bits per heavy atom. The molecule has 2 aromatic rings. The maximum Gasteiger partial charge on any atom is 0.310 e. The molecule has 2 aliphatic heterocycles. The fourth-order valence-electron chi connectivity index (χ4n) is 4.82. The molecule has 128 valence electrons. The van der Waals surface area contributed by atoms with Crippen LogP contribution in [0.15, 0.2) is 42.5 Å². The minimum absolute atomic E-state index is 0. The molecule has 2 fully saturated rings. The first-order valence-corrected chi connectivity index (χ1v) is 8.48. The van der Waals surface area contributed by atoms with Crippen LogP contribution in [0.4, 0.5) is 0 Å². The molecule has 0 aliphatic carbocycles. The van der Waals surface area contributed by atoms with Gasteiger partial charge in [-0.15, -0.1) is 12.4 Å². The Bertz CT molecular complexity index is 742. The Labute approximate surface area is 149 Å². The summed E-state index contributed by atoms with van der Waals surface area (Å²) in [6, 6.07) is 15.9. The average molecular weight is 346 g/mol. The SMILES string of the molecule is COC(=O)[C@H]1[C@@H](c2cccc3ccccc23)C[C@@H]2CC[C@H]1N2C.Cl. The van der Waals surface area contributed by atoms with Gasteiger partial charge in [0.1, 0.15) is 0 Å². The van der Waals surface area contributed by atoms with E-state index in [0.717, 1.165) is 12.8 Å². The van der Waals surface area contributed by atoms with E-state index in [9.17, 15) is 4.79 Å². The quantitative estimate of drug-likeness (QED) is 0.770. The van der Waals surface area contributed by atoms with Gasteiger partial charge in [-0.2, -0.15) is 0 Å². The number of carbonyl (C=O) groups is 1. The van der Waals surface area contributed by atoms with Crippen LogP contribution < -0.4 is 0 Å². The van der Waals surface area contributed by atoms with Gasteiger partial charge in [0.25, 0.3) is 0 Å². The van der Waals surface area contributed by atoms with Gasteiger partial charge < -0.3 is 4.74 Å². The molecule has 4 heteroatoms. The Morgan fingerprint density at radius 2 is 1.88 bits per heavy atom. The van der Waals surface area contributed by atoms with Crippen molar-refractivity contribution < 1.29 is 9.53 Å². The summed E-state index contributed by atoms with van der Waals surface area (Å²) in [4.78, 5) is 15.0. The van der Waals surface area contributed by atoms with Crippen molar-refractivity contribution in [2.24, 2.45) is 5.92 Å². The van der Waals surface area contributed by atoms with E-state index in [2.05, 4.69) is 54.4 Å². The summed E-state index contributed by atoms with van der Waals surface area (Å²) < 4.78 is 5.19. The number of hydrogen-bond donors (Lipinski definition) is 0. The van der Waals surface area contributed by atoms with Gasteiger partial charge in [0, 0.05) is 18.0 Å². The number of fused-ring (bicyclic) bond motifs is 3. The van der Waals surface area contributed by atoms with Crippen LogP contribution in [-0.2, 0) is 9.53 Å². The third-order valence-corrected chi connectivity index (χ3v) is 5.96. The van der Waals surface area contributed by atoms with Crippen LogP contribution in [0.25, 0.3) is 10.8 Å². The van der Waals surface area contributed by atoms with Crippen LogP contribution in [0.3, 0.4) is 0 Å². The minimum atomic E-state index is -0.0606. The smallest absolute Gasteiger partial charge is 0.310 e. The zero-order chi connectivity index (χ0) is 16.0. The predicted molar refractivity (Wildman–Crippen MR) is 98.6 cm³/mol. The summed E-state index contributed by atoms with van der Waals surface area (Å²) in [6.45, 7) is 0. The molecule has 2 bridgehead atoms. The summed E-state index contributed by atoms with van der Waals surface area (Å²) >= 11 is 0. The number of carbonyl (C=O) groups excluding carboxylic acids is 1. The average Bonchev–Trinajstić information content (AvgIpc) is 2.83. The molecule has 2 saturated heterocycles. The van der Waals surface area contributed by atoms with Crippen molar-refractivity contribution >= 4 is 29.1 Å². The molecule has 4 rings (SSSR count). The highest BCUT2D eigenvalue weighted by Gasteiger charge is 2.49. The second-order valence-electron chi connectivity index (χ2n) is 6.92. The van der Waals surface area contributed by atoms with Crippen LogP contribution in [0.5, 0.6) is 0 Å². The van der Waals surface area contributed by atoms with Gasteiger partial charge in [0.2, 0.25) is 0 Å². The molecule has 0 unspecified atom stereocenters. The van der Waals surface area contributed by atoms with Crippen molar-refractivity contribution in [2.75, 3.05) is 14.2 Å². The predicted octanol–water partition coefficient (Wildman–Crippen LogP) is 4.00. The number of rotatable bonds is 2. The molecule has 2 aliphatic rings. The molecule has 2 aromatic carbocycles. The second kappa shape index (κ2) is 6.73. The van der Waals surface area contributed by atoms with Crippen molar-refractivity contribution in [3.63, 3.8) is 0 Å². The van der Waals surface area contributed by atoms with Gasteiger partial charge in [-0.05, 0) is 42.6 Å².